The molecule has 0 spiro atoms. The molecule has 0 saturated carbocycles. The van der Waals surface area contributed by atoms with Gasteiger partial charge in [-0.05, 0) is 13.8 Å². The van der Waals surface area contributed by atoms with Gasteiger partial charge in [0.05, 0.1) is 5.60 Å². The van der Waals surface area contributed by atoms with Gasteiger partial charge in [-0.25, -0.2) is 0 Å². The van der Waals surface area contributed by atoms with E-state index in [4.69, 9.17) is 22.7 Å². The number of hydrogen-bond donors (Lipinski definition) is 1. The molecule has 0 aromatic carbocycles. The quantitative estimate of drug-likeness (QED) is 0.664. The number of thiocarbonyl (C=S) groups is 1. The molecule has 0 aliphatic rings. The second-order valence-corrected chi connectivity index (χ2v) is 4.29. The van der Waals surface area contributed by atoms with Crippen LogP contribution in [-0.4, -0.2) is 22.8 Å². The maximum absolute atomic E-state index is 5.29. The molecule has 0 aromatic heterocycles. The lowest BCUT2D eigenvalue weighted by Crippen LogP contribution is -2.26. The van der Waals surface area contributed by atoms with E-state index in [-0.39, 0.29) is 5.60 Å². The Morgan fingerprint density at radius 1 is 1.70 bits per heavy atom. The van der Waals surface area contributed by atoms with E-state index in [1.165, 1.54) is 11.8 Å². The predicted octanol–water partition coefficient (Wildman–Crippen LogP) is 1.39. The standard InChI is InChI=1S/C6H13NOS2/c1-6(2,8-3)4-10-5(7)9/h4H2,1-3H3,(H2,7,9). The Balaban J connectivity index is 3.56. The van der Waals surface area contributed by atoms with Crippen LogP contribution in [0.1, 0.15) is 13.8 Å². The van der Waals surface area contributed by atoms with Crippen LogP contribution in [0.15, 0.2) is 0 Å². The van der Waals surface area contributed by atoms with Crippen LogP contribution in [0.4, 0.5) is 0 Å². The molecule has 0 aliphatic carbocycles. The topological polar surface area (TPSA) is 35.2 Å². The summed E-state index contributed by atoms with van der Waals surface area (Å²) in [5, 5.41) is 0. The van der Waals surface area contributed by atoms with Crippen molar-refractivity contribution in [1.82, 2.24) is 0 Å². The van der Waals surface area contributed by atoms with Gasteiger partial charge in [0, 0.05) is 12.9 Å². The average molecular weight is 179 g/mol. The number of ether oxygens (including phenoxy) is 1. The second-order valence-electron chi connectivity index (χ2n) is 2.57. The van der Waals surface area contributed by atoms with E-state index in [0.29, 0.717) is 4.32 Å². The summed E-state index contributed by atoms with van der Waals surface area (Å²) in [4.78, 5) is 0. The van der Waals surface area contributed by atoms with Crippen molar-refractivity contribution in [2.45, 2.75) is 19.4 Å². The molecule has 0 aliphatic heterocycles. The first-order valence-corrected chi connectivity index (χ1v) is 4.35. The van der Waals surface area contributed by atoms with Crippen molar-refractivity contribution in [1.29, 1.82) is 0 Å². The molecule has 0 radical (unpaired) electrons. The number of nitrogens with two attached hydrogens (primary N) is 1. The van der Waals surface area contributed by atoms with Gasteiger partial charge in [0.2, 0.25) is 0 Å². The number of methoxy groups -OCH3 is 1. The van der Waals surface area contributed by atoms with Crippen LogP contribution in [0.5, 0.6) is 0 Å². The maximum Gasteiger partial charge on any atom is 0.131 e. The van der Waals surface area contributed by atoms with Gasteiger partial charge in [0.1, 0.15) is 4.32 Å². The molecule has 0 rings (SSSR count). The molecular formula is C6H13NOS2. The number of thioether (sulfide) groups is 1. The molecule has 0 fully saturated rings. The Labute approximate surface area is 71.5 Å². The van der Waals surface area contributed by atoms with Crippen molar-refractivity contribution < 1.29 is 4.74 Å². The number of rotatable bonds is 3. The van der Waals surface area contributed by atoms with Crippen LogP contribution >= 0.6 is 24.0 Å². The fraction of sp³-hybridized carbons (Fsp3) is 0.833. The highest BCUT2D eigenvalue weighted by Crippen LogP contribution is 2.15. The summed E-state index contributed by atoms with van der Waals surface area (Å²) in [7, 11) is 1.68. The third kappa shape index (κ3) is 5.02. The van der Waals surface area contributed by atoms with Gasteiger partial charge in [0.15, 0.2) is 0 Å². The summed E-state index contributed by atoms with van der Waals surface area (Å²) in [6, 6.07) is 0. The van der Waals surface area contributed by atoms with Gasteiger partial charge in [-0.2, -0.15) is 0 Å². The molecule has 60 valence electrons. The van der Waals surface area contributed by atoms with Crippen molar-refractivity contribution >= 4 is 28.3 Å². The molecule has 0 aromatic rings. The van der Waals surface area contributed by atoms with Gasteiger partial charge in [-0.3, -0.25) is 0 Å². The Kier molecular flexibility index (Phi) is 4.24. The maximum atomic E-state index is 5.29. The molecule has 2 nitrogen and oxygen atoms in total. The molecular weight excluding hydrogens is 166 g/mol. The van der Waals surface area contributed by atoms with E-state index in [1.807, 2.05) is 13.8 Å². The van der Waals surface area contributed by atoms with Crippen LogP contribution in [0.3, 0.4) is 0 Å². The highest BCUT2D eigenvalue weighted by atomic mass is 32.2. The largest absolute Gasteiger partial charge is 0.385 e. The van der Waals surface area contributed by atoms with Crippen molar-refractivity contribution in [2.24, 2.45) is 5.73 Å². The third-order valence-electron chi connectivity index (χ3n) is 1.11. The van der Waals surface area contributed by atoms with Crippen molar-refractivity contribution in [3.63, 3.8) is 0 Å². The predicted molar refractivity (Wildman–Crippen MR) is 50.3 cm³/mol. The Morgan fingerprint density at radius 3 is 2.50 bits per heavy atom. The van der Waals surface area contributed by atoms with Crippen LogP contribution in [0.2, 0.25) is 0 Å². The van der Waals surface area contributed by atoms with Gasteiger partial charge < -0.3 is 10.5 Å². The van der Waals surface area contributed by atoms with E-state index in [1.54, 1.807) is 7.11 Å². The minimum Gasteiger partial charge on any atom is -0.385 e. The van der Waals surface area contributed by atoms with Crippen LogP contribution in [0, 0.1) is 0 Å². The first-order chi connectivity index (χ1) is 4.48. The Hall–Kier alpha value is 0.200. The Morgan fingerprint density at radius 2 is 2.20 bits per heavy atom. The zero-order chi connectivity index (χ0) is 8.20. The molecule has 0 unspecified atom stereocenters. The Bertz CT molecular complexity index is 125. The summed E-state index contributed by atoms with van der Waals surface area (Å²) in [5.41, 5.74) is 5.16. The summed E-state index contributed by atoms with van der Waals surface area (Å²) in [5.74, 6) is 0.804. The highest BCUT2D eigenvalue weighted by Gasteiger charge is 2.16. The molecule has 2 N–H and O–H groups in total. The van der Waals surface area contributed by atoms with Crippen molar-refractivity contribution in [3.05, 3.63) is 0 Å². The van der Waals surface area contributed by atoms with E-state index < -0.39 is 0 Å². The van der Waals surface area contributed by atoms with Gasteiger partial charge in [-0.15, -0.1) is 0 Å². The van der Waals surface area contributed by atoms with Crippen LogP contribution in [0.25, 0.3) is 0 Å². The van der Waals surface area contributed by atoms with Crippen LogP contribution < -0.4 is 5.73 Å². The normalized spacial score (nSPS) is 11.5. The minimum absolute atomic E-state index is 0.131. The third-order valence-corrected chi connectivity index (χ3v) is 2.59. The fourth-order valence-electron chi connectivity index (χ4n) is 0.304. The SMILES string of the molecule is COC(C)(C)CSC(N)=S. The minimum atomic E-state index is -0.131. The van der Waals surface area contributed by atoms with E-state index in [0.717, 1.165) is 5.75 Å². The van der Waals surface area contributed by atoms with E-state index in [2.05, 4.69) is 0 Å². The lowest BCUT2D eigenvalue weighted by Gasteiger charge is -2.21. The average Bonchev–Trinajstić information content (AvgIpc) is 1.85. The molecule has 4 heteroatoms. The second kappa shape index (κ2) is 4.16. The monoisotopic (exact) mass is 179 g/mol. The van der Waals surface area contributed by atoms with Gasteiger partial charge in [-0.1, -0.05) is 24.0 Å². The molecule has 0 amide bonds. The van der Waals surface area contributed by atoms with Crippen LogP contribution in [-0.2, 0) is 4.74 Å². The molecule has 0 bridgehead atoms. The summed E-state index contributed by atoms with van der Waals surface area (Å²) in [6.07, 6.45) is 0. The molecule has 10 heavy (non-hydrogen) atoms. The fourth-order valence-corrected chi connectivity index (χ4v) is 1.09. The van der Waals surface area contributed by atoms with Crippen molar-refractivity contribution in [2.75, 3.05) is 12.9 Å². The molecule has 0 heterocycles. The first-order valence-electron chi connectivity index (χ1n) is 2.95. The highest BCUT2D eigenvalue weighted by molar-refractivity contribution is 8.22. The van der Waals surface area contributed by atoms with Gasteiger partial charge >= 0.3 is 0 Å². The number of hydrogen-bond acceptors (Lipinski definition) is 3. The van der Waals surface area contributed by atoms with Crippen molar-refractivity contribution in [3.8, 4) is 0 Å². The lowest BCUT2D eigenvalue weighted by atomic mass is 10.2. The summed E-state index contributed by atoms with van der Waals surface area (Å²) >= 11 is 6.14. The zero-order valence-electron chi connectivity index (χ0n) is 6.51. The van der Waals surface area contributed by atoms with Gasteiger partial charge in [0.25, 0.3) is 0 Å². The first kappa shape index (κ1) is 10.2. The zero-order valence-corrected chi connectivity index (χ0v) is 8.14. The smallest absolute Gasteiger partial charge is 0.131 e. The summed E-state index contributed by atoms with van der Waals surface area (Å²) in [6.45, 7) is 4.00. The lowest BCUT2D eigenvalue weighted by molar-refractivity contribution is 0.0442. The van der Waals surface area contributed by atoms with E-state index in [9.17, 15) is 0 Å². The molecule has 0 saturated heterocycles. The van der Waals surface area contributed by atoms with E-state index >= 15 is 0 Å². The molecule has 0 atom stereocenters. The summed E-state index contributed by atoms with van der Waals surface area (Å²) < 4.78 is 5.63.